The van der Waals surface area contributed by atoms with Crippen LogP contribution in [0.5, 0.6) is 5.75 Å². The molecule has 2 N–H and O–H groups in total. The molecular weight excluding hydrogens is 390 g/mol. The lowest BCUT2D eigenvalue weighted by Gasteiger charge is -2.18. The van der Waals surface area contributed by atoms with E-state index in [1.54, 1.807) is 0 Å². The smallest absolute Gasteiger partial charge is 0.191 e. The minimum Gasteiger partial charge on any atom is -0.492 e. The molecule has 0 unspecified atom stereocenters. The van der Waals surface area contributed by atoms with Crippen LogP contribution < -0.4 is 15.4 Å². The molecule has 0 aliphatic rings. The lowest BCUT2D eigenvalue weighted by molar-refractivity contribution is 0.221. The number of ether oxygens (including phenoxy) is 1. The van der Waals surface area contributed by atoms with Gasteiger partial charge in [0.05, 0.1) is 13.1 Å². The minimum absolute atomic E-state index is 0.525. The molecule has 0 amide bonds. The van der Waals surface area contributed by atoms with Crippen molar-refractivity contribution < 1.29 is 4.74 Å². The van der Waals surface area contributed by atoms with Crippen LogP contribution in [-0.2, 0) is 13.1 Å². The van der Waals surface area contributed by atoms with E-state index >= 15 is 0 Å². The number of rotatable bonds is 11. The van der Waals surface area contributed by atoms with Crippen LogP contribution in [0.4, 0.5) is 0 Å². The van der Waals surface area contributed by atoms with E-state index in [1.165, 1.54) is 0 Å². The van der Waals surface area contributed by atoms with E-state index in [1.807, 2.05) is 53.9 Å². The fraction of sp³-hybridized carbons (Fsp3) is 0.435. The van der Waals surface area contributed by atoms with Crippen LogP contribution in [0, 0.1) is 0 Å². The van der Waals surface area contributed by atoms with Gasteiger partial charge in [-0.1, -0.05) is 38.1 Å². The van der Waals surface area contributed by atoms with Gasteiger partial charge in [-0.25, -0.2) is 4.99 Å². The van der Waals surface area contributed by atoms with Crippen molar-refractivity contribution in [1.82, 2.24) is 30.1 Å². The maximum absolute atomic E-state index is 6.06. The molecule has 0 aliphatic heterocycles. The van der Waals surface area contributed by atoms with Crippen molar-refractivity contribution in [1.29, 1.82) is 0 Å². The number of nitrogens with one attached hydrogen (secondary N) is 2. The van der Waals surface area contributed by atoms with Gasteiger partial charge in [-0.15, -0.1) is 10.2 Å². The molecular formula is C23H33N7O. The Bertz CT molecular complexity index is 965. The number of benzene rings is 1. The van der Waals surface area contributed by atoms with E-state index in [9.17, 15) is 0 Å². The fourth-order valence-electron chi connectivity index (χ4n) is 3.28. The van der Waals surface area contributed by atoms with Gasteiger partial charge in [-0.2, -0.15) is 0 Å². The minimum atomic E-state index is 0.525. The molecule has 0 saturated carbocycles. The van der Waals surface area contributed by atoms with Gasteiger partial charge in [-0.05, 0) is 38.2 Å². The van der Waals surface area contributed by atoms with E-state index in [0.29, 0.717) is 19.7 Å². The predicted octanol–water partition coefficient (Wildman–Crippen LogP) is 2.71. The van der Waals surface area contributed by atoms with Crippen LogP contribution in [0.2, 0.25) is 0 Å². The second kappa shape index (κ2) is 11.9. The highest BCUT2D eigenvalue weighted by atomic mass is 16.5. The molecule has 0 spiro atoms. The number of para-hydroxylation sites is 1. The number of hydrogen-bond donors (Lipinski definition) is 2. The molecule has 3 aromatic rings. The molecule has 1 aromatic carbocycles. The van der Waals surface area contributed by atoms with Crippen molar-refractivity contribution in [2.45, 2.75) is 33.9 Å². The SMILES string of the molecule is CCNC(=NCc1ccccc1OCCN(CC)CC)NCc1nnc2ccccn12. The van der Waals surface area contributed by atoms with Crippen LogP contribution in [0.3, 0.4) is 0 Å². The van der Waals surface area contributed by atoms with Crippen molar-refractivity contribution >= 4 is 11.6 Å². The topological polar surface area (TPSA) is 79.1 Å². The van der Waals surface area contributed by atoms with E-state index in [0.717, 1.165) is 54.9 Å². The maximum Gasteiger partial charge on any atom is 0.191 e. The lowest BCUT2D eigenvalue weighted by atomic mass is 10.2. The molecule has 0 aliphatic carbocycles. The van der Waals surface area contributed by atoms with E-state index in [4.69, 9.17) is 9.73 Å². The van der Waals surface area contributed by atoms with Crippen LogP contribution in [0.15, 0.2) is 53.7 Å². The van der Waals surface area contributed by atoms with E-state index in [2.05, 4.69) is 45.6 Å². The predicted molar refractivity (Wildman–Crippen MR) is 124 cm³/mol. The Labute approximate surface area is 184 Å². The zero-order valence-electron chi connectivity index (χ0n) is 18.7. The molecule has 8 heteroatoms. The molecule has 0 radical (unpaired) electrons. The number of fused-ring (bicyclic) bond motifs is 1. The number of aliphatic imine (C=N–C) groups is 1. The zero-order chi connectivity index (χ0) is 21.9. The highest BCUT2D eigenvalue weighted by Crippen LogP contribution is 2.19. The summed E-state index contributed by atoms with van der Waals surface area (Å²) < 4.78 is 8.03. The normalized spacial score (nSPS) is 11.8. The Balaban J connectivity index is 1.62. The monoisotopic (exact) mass is 423 g/mol. The van der Waals surface area contributed by atoms with Crippen molar-refractivity contribution in [3.8, 4) is 5.75 Å². The number of hydrogen-bond acceptors (Lipinski definition) is 5. The van der Waals surface area contributed by atoms with Crippen LogP contribution >= 0.6 is 0 Å². The van der Waals surface area contributed by atoms with Crippen molar-refractivity contribution in [2.24, 2.45) is 4.99 Å². The number of likely N-dealkylation sites (N-methyl/N-ethyl adjacent to an activating group) is 1. The van der Waals surface area contributed by atoms with Gasteiger partial charge in [0.2, 0.25) is 0 Å². The number of pyridine rings is 1. The summed E-state index contributed by atoms with van der Waals surface area (Å²) in [6, 6.07) is 13.9. The largest absolute Gasteiger partial charge is 0.492 e. The van der Waals surface area contributed by atoms with E-state index < -0.39 is 0 Å². The first-order valence-electron chi connectivity index (χ1n) is 11.0. The molecule has 0 fully saturated rings. The summed E-state index contributed by atoms with van der Waals surface area (Å²) in [5, 5.41) is 15.1. The molecule has 0 saturated heterocycles. The number of nitrogens with zero attached hydrogens (tertiary/aromatic N) is 5. The average Bonchev–Trinajstić information content (AvgIpc) is 3.22. The second-order valence-electron chi connectivity index (χ2n) is 7.08. The zero-order valence-corrected chi connectivity index (χ0v) is 18.7. The van der Waals surface area contributed by atoms with Gasteiger partial charge in [0.15, 0.2) is 17.4 Å². The molecule has 0 bridgehead atoms. The summed E-state index contributed by atoms with van der Waals surface area (Å²) >= 11 is 0. The summed E-state index contributed by atoms with van der Waals surface area (Å²) in [5.41, 5.74) is 1.89. The van der Waals surface area contributed by atoms with Crippen LogP contribution in [0.1, 0.15) is 32.2 Å². The first-order valence-corrected chi connectivity index (χ1v) is 11.0. The van der Waals surface area contributed by atoms with Gasteiger partial charge in [-0.3, -0.25) is 4.40 Å². The molecule has 3 rings (SSSR count). The summed E-state index contributed by atoms with van der Waals surface area (Å²) in [5.74, 6) is 2.45. The van der Waals surface area contributed by atoms with Crippen LogP contribution in [0.25, 0.3) is 5.65 Å². The molecule has 2 heterocycles. The quantitative estimate of drug-likeness (QED) is 0.365. The number of guanidine groups is 1. The molecule has 2 aromatic heterocycles. The Morgan fingerprint density at radius 2 is 1.84 bits per heavy atom. The average molecular weight is 424 g/mol. The Kier molecular flexibility index (Phi) is 8.66. The Hall–Kier alpha value is -3.13. The lowest BCUT2D eigenvalue weighted by Crippen LogP contribution is -2.37. The van der Waals surface area contributed by atoms with Gasteiger partial charge in [0.1, 0.15) is 12.4 Å². The third-order valence-corrected chi connectivity index (χ3v) is 5.08. The maximum atomic E-state index is 6.06. The summed E-state index contributed by atoms with van der Waals surface area (Å²) in [6.07, 6.45) is 1.96. The molecule has 166 valence electrons. The Morgan fingerprint density at radius 1 is 1.03 bits per heavy atom. The third kappa shape index (κ3) is 6.42. The van der Waals surface area contributed by atoms with E-state index in [-0.39, 0.29) is 0 Å². The second-order valence-corrected chi connectivity index (χ2v) is 7.08. The number of aromatic nitrogens is 3. The highest BCUT2D eigenvalue weighted by Gasteiger charge is 2.07. The van der Waals surface area contributed by atoms with Crippen molar-refractivity contribution in [3.05, 3.63) is 60.0 Å². The summed E-state index contributed by atoms with van der Waals surface area (Å²) in [6.45, 7) is 11.9. The van der Waals surface area contributed by atoms with Crippen molar-refractivity contribution in [2.75, 3.05) is 32.8 Å². The molecule has 0 atom stereocenters. The van der Waals surface area contributed by atoms with Gasteiger partial charge in [0.25, 0.3) is 0 Å². The van der Waals surface area contributed by atoms with Crippen LogP contribution in [-0.4, -0.2) is 58.2 Å². The third-order valence-electron chi connectivity index (χ3n) is 5.08. The van der Waals surface area contributed by atoms with Gasteiger partial charge >= 0.3 is 0 Å². The summed E-state index contributed by atoms with van der Waals surface area (Å²) in [7, 11) is 0. The first-order chi connectivity index (χ1) is 15.2. The Morgan fingerprint density at radius 3 is 2.65 bits per heavy atom. The van der Waals surface area contributed by atoms with Crippen molar-refractivity contribution in [3.63, 3.8) is 0 Å². The summed E-state index contributed by atoms with van der Waals surface area (Å²) in [4.78, 5) is 7.10. The standard InChI is InChI=1S/C23H33N7O/c1-4-24-23(26-18-22-28-27-21-13-9-10-14-30(21)22)25-17-19-11-7-8-12-20(19)31-16-15-29(5-2)6-3/h7-14H,4-6,15-18H2,1-3H3,(H2,24,25,26). The fourth-order valence-corrected chi connectivity index (χ4v) is 3.28. The van der Waals surface area contributed by atoms with Gasteiger partial charge < -0.3 is 20.3 Å². The molecule has 8 nitrogen and oxygen atoms in total. The first kappa shape index (κ1) is 22.6. The van der Waals surface area contributed by atoms with Gasteiger partial charge in [0, 0.05) is 24.8 Å². The highest BCUT2D eigenvalue weighted by molar-refractivity contribution is 5.79. The molecule has 31 heavy (non-hydrogen) atoms.